The molecule has 0 radical (unpaired) electrons. The van der Waals surface area contributed by atoms with E-state index in [1.54, 1.807) is 16.9 Å². The summed E-state index contributed by atoms with van der Waals surface area (Å²) in [4.78, 5) is 37.6. The zero-order valence-corrected chi connectivity index (χ0v) is 29.0. The van der Waals surface area contributed by atoms with Crippen molar-refractivity contribution in [2.75, 3.05) is 6.61 Å². The van der Waals surface area contributed by atoms with Gasteiger partial charge in [-0.25, -0.2) is 27.8 Å². The Hall–Kier alpha value is -4.72. The second-order valence-electron chi connectivity index (χ2n) is 14.3. The normalized spacial score (nSPS) is 22.6. The highest BCUT2D eigenvalue weighted by molar-refractivity contribution is 6.32. The fraction of sp³-hybridized carbons (Fsp3) is 0.429. The number of amides is 1. The second-order valence-corrected chi connectivity index (χ2v) is 14.8. The van der Waals surface area contributed by atoms with Gasteiger partial charge < -0.3 is 10.5 Å². The minimum atomic E-state index is -2.96. The molecule has 0 saturated heterocycles. The van der Waals surface area contributed by atoms with Gasteiger partial charge in [0.15, 0.2) is 17.3 Å². The number of nitrogens with two attached hydrogens (primary N) is 1. The Labute approximate surface area is 292 Å². The number of aliphatic imine (C=N–C) groups is 1. The molecule has 264 valence electrons. The van der Waals surface area contributed by atoms with E-state index in [0.29, 0.717) is 11.1 Å². The van der Waals surface area contributed by atoms with Gasteiger partial charge in [-0.05, 0) is 54.0 Å². The minimum absolute atomic E-state index is 0.0635. The van der Waals surface area contributed by atoms with E-state index < -0.39 is 52.7 Å². The summed E-state index contributed by atoms with van der Waals surface area (Å²) in [6.07, 6.45) is 2.02. The topological polar surface area (TPSA) is 134 Å². The zero-order valence-electron chi connectivity index (χ0n) is 28.3. The molecule has 1 amide bonds. The zero-order chi connectivity index (χ0) is 36.2. The number of aryl methyl sites for hydroxylation is 1. The summed E-state index contributed by atoms with van der Waals surface area (Å²) in [6.45, 7) is 7.00. The SMILES string of the molecule is Cn1cc(-c2ccc([C@@]3(CC(C)(C)C)N=C(N)N([C@H](COC(=O)C[C@H]4CC4(C)F)c4ccc(Cl)c(-n5ncnc5C(F)F)c4)C3=O)cc2)cn1. The predicted molar refractivity (Wildman–Crippen MR) is 180 cm³/mol. The molecule has 3 heterocycles. The maximum atomic E-state index is 14.9. The molecule has 1 saturated carbocycles. The van der Waals surface area contributed by atoms with Crippen LogP contribution in [0.1, 0.15) is 76.4 Å². The van der Waals surface area contributed by atoms with Crippen LogP contribution in [0.25, 0.3) is 16.8 Å². The maximum Gasteiger partial charge on any atom is 0.306 e. The Kier molecular flexibility index (Phi) is 9.04. The Balaban J connectivity index is 1.40. The summed E-state index contributed by atoms with van der Waals surface area (Å²) in [6, 6.07) is 10.9. The van der Waals surface area contributed by atoms with E-state index in [2.05, 4.69) is 15.2 Å². The molecule has 4 aromatic rings. The van der Waals surface area contributed by atoms with E-state index in [1.165, 1.54) is 24.0 Å². The molecule has 0 bridgehead atoms. The summed E-state index contributed by atoms with van der Waals surface area (Å²) in [5.41, 5.74) is 6.12. The van der Waals surface area contributed by atoms with Crippen molar-refractivity contribution in [3.63, 3.8) is 0 Å². The van der Waals surface area contributed by atoms with Crippen LogP contribution in [0.3, 0.4) is 0 Å². The number of rotatable bonds is 11. The number of alkyl halides is 3. The Morgan fingerprint density at radius 1 is 1.14 bits per heavy atom. The van der Waals surface area contributed by atoms with Crippen molar-refractivity contribution < 1.29 is 27.5 Å². The molecular formula is C35H38ClF3N8O3. The van der Waals surface area contributed by atoms with Crippen LogP contribution in [-0.2, 0) is 26.9 Å². The number of carbonyl (C=O) groups excluding carboxylic acids is 2. The van der Waals surface area contributed by atoms with Gasteiger partial charge in [0, 0.05) is 24.7 Å². The third kappa shape index (κ3) is 6.85. The van der Waals surface area contributed by atoms with Crippen molar-refractivity contribution in [1.82, 2.24) is 29.4 Å². The monoisotopic (exact) mass is 710 g/mol. The first-order valence-corrected chi connectivity index (χ1v) is 16.5. The highest BCUT2D eigenvalue weighted by Gasteiger charge is 2.54. The maximum absolute atomic E-state index is 14.9. The summed E-state index contributed by atoms with van der Waals surface area (Å²) in [5, 5.41) is 8.27. The lowest BCUT2D eigenvalue weighted by molar-refractivity contribution is -0.148. The number of hydrogen-bond donors (Lipinski definition) is 1. The number of ether oxygens (including phenoxy) is 1. The molecular weight excluding hydrogens is 673 g/mol. The molecule has 1 fully saturated rings. The largest absolute Gasteiger partial charge is 0.463 e. The number of halogens is 4. The van der Waals surface area contributed by atoms with E-state index >= 15 is 0 Å². The summed E-state index contributed by atoms with van der Waals surface area (Å²) in [5.74, 6) is -2.35. The lowest BCUT2D eigenvalue weighted by Crippen LogP contribution is -2.47. The molecule has 50 heavy (non-hydrogen) atoms. The number of carbonyl (C=O) groups is 2. The summed E-state index contributed by atoms with van der Waals surface area (Å²) < 4.78 is 50.2. The molecule has 6 rings (SSSR count). The summed E-state index contributed by atoms with van der Waals surface area (Å²) >= 11 is 6.47. The van der Waals surface area contributed by atoms with Crippen LogP contribution >= 0.6 is 11.6 Å². The molecule has 2 N–H and O–H groups in total. The van der Waals surface area contributed by atoms with E-state index in [4.69, 9.17) is 27.1 Å². The molecule has 1 aliphatic heterocycles. The first kappa shape index (κ1) is 35.1. The average Bonchev–Trinajstić information content (AvgIpc) is 3.45. The minimum Gasteiger partial charge on any atom is -0.463 e. The van der Waals surface area contributed by atoms with Crippen molar-refractivity contribution in [3.8, 4) is 16.8 Å². The third-order valence-electron chi connectivity index (χ3n) is 9.13. The number of guanidine groups is 1. The number of benzene rings is 2. The van der Waals surface area contributed by atoms with Crippen molar-refractivity contribution in [1.29, 1.82) is 0 Å². The standard InChI is InChI=1S/C35H38ClF3N8O3/c1-33(2,3)18-35(23-9-6-20(7-10-23)22-15-42-45(5)16-22)31(49)46(32(40)44-35)27(17-50-28(48)13-24-14-34(24,4)39)21-8-11-25(36)26(12-21)47-30(29(37)38)41-19-43-47/h6-12,15-16,19,24,27,29H,13-14,17-18H2,1-5H3,(H2,40,44)/t24-,27+,34?,35+/m0/s1. The second kappa shape index (κ2) is 12.9. The molecule has 11 nitrogen and oxygen atoms in total. The fourth-order valence-electron chi connectivity index (χ4n) is 6.53. The van der Waals surface area contributed by atoms with E-state index in [-0.39, 0.29) is 42.5 Å². The van der Waals surface area contributed by atoms with Crippen molar-refractivity contribution in [2.45, 2.75) is 70.6 Å². The smallest absolute Gasteiger partial charge is 0.306 e. The highest BCUT2D eigenvalue weighted by Crippen LogP contribution is 2.49. The molecule has 2 aliphatic rings. The number of hydrogen-bond acceptors (Lipinski definition) is 8. The van der Waals surface area contributed by atoms with Gasteiger partial charge in [0.05, 0.1) is 29.4 Å². The van der Waals surface area contributed by atoms with Crippen LogP contribution in [0.2, 0.25) is 5.02 Å². The quantitative estimate of drug-likeness (QED) is 0.176. The number of nitrogens with zero attached hydrogens (tertiary/aromatic N) is 7. The van der Waals surface area contributed by atoms with Gasteiger partial charge in [0.25, 0.3) is 12.3 Å². The fourth-order valence-corrected chi connectivity index (χ4v) is 6.72. The molecule has 1 unspecified atom stereocenters. The molecule has 2 aromatic carbocycles. The van der Waals surface area contributed by atoms with E-state index in [0.717, 1.165) is 22.1 Å². The van der Waals surface area contributed by atoms with Crippen LogP contribution in [-0.4, -0.2) is 59.6 Å². The van der Waals surface area contributed by atoms with Crippen LogP contribution in [0, 0.1) is 11.3 Å². The lowest BCUT2D eigenvalue weighted by atomic mass is 9.75. The first-order chi connectivity index (χ1) is 23.5. The van der Waals surface area contributed by atoms with Crippen molar-refractivity contribution in [3.05, 3.63) is 83.2 Å². The molecule has 15 heteroatoms. The molecule has 2 aromatic heterocycles. The number of aromatic nitrogens is 5. The van der Waals surface area contributed by atoms with E-state index in [1.807, 2.05) is 58.3 Å². The molecule has 4 atom stereocenters. The van der Waals surface area contributed by atoms with Crippen LogP contribution in [0.4, 0.5) is 13.2 Å². The van der Waals surface area contributed by atoms with Crippen LogP contribution in [0.15, 0.2) is 66.2 Å². The number of esters is 1. The average molecular weight is 711 g/mol. The summed E-state index contributed by atoms with van der Waals surface area (Å²) in [7, 11) is 1.82. The Morgan fingerprint density at radius 2 is 1.84 bits per heavy atom. The van der Waals surface area contributed by atoms with Crippen molar-refractivity contribution >= 4 is 29.4 Å². The van der Waals surface area contributed by atoms with Gasteiger partial charge in [0.1, 0.15) is 18.6 Å². The Morgan fingerprint density at radius 3 is 2.44 bits per heavy atom. The molecule has 0 spiro atoms. The van der Waals surface area contributed by atoms with Gasteiger partial charge in [-0.1, -0.05) is 62.7 Å². The van der Waals surface area contributed by atoms with Gasteiger partial charge in [-0.2, -0.15) is 10.2 Å². The van der Waals surface area contributed by atoms with E-state index in [9.17, 15) is 22.8 Å². The van der Waals surface area contributed by atoms with Gasteiger partial charge >= 0.3 is 5.97 Å². The van der Waals surface area contributed by atoms with Crippen LogP contribution in [0.5, 0.6) is 0 Å². The Bertz CT molecular complexity index is 1950. The van der Waals surface area contributed by atoms with Crippen molar-refractivity contribution in [2.24, 2.45) is 29.1 Å². The lowest BCUT2D eigenvalue weighted by Gasteiger charge is -2.35. The van der Waals surface area contributed by atoms with Gasteiger partial charge in [-0.15, -0.1) is 0 Å². The predicted octanol–water partition coefficient (Wildman–Crippen LogP) is 6.47. The van der Waals surface area contributed by atoms with Crippen LogP contribution < -0.4 is 5.73 Å². The first-order valence-electron chi connectivity index (χ1n) is 16.1. The van der Waals surface area contributed by atoms with Gasteiger partial charge in [-0.3, -0.25) is 19.2 Å². The highest BCUT2D eigenvalue weighted by atomic mass is 35.5. The molecule has 1 aliphatic carbocycles. The van der Waals surface area contributed by atoms with Gasteiger partial charge in [0.2, 0.25) is 0 Å². The third-order valence-corrected chi connectivity index (χ3v) is 9.45.